The summed E-state index contributed by atoms with van der Waals surface area (Å²) in [7, 11) is -4.16. The molecule has 0 fully saturated rings. The first-order valence-electron chi connectivity index (χ1n) is 11.1. The van der Waals surface area contributed by atoms with Crippen LogP contribution in [0.25, 0.3) is 0 Å². The van der Waals surface area contributed by atoms with Crippen LogP contribution in [0, 0.1) is 0 Å². The van der Waals surface area contributed by atoms with Crippen LogP contribution in [0.3, 0.4) is 0 Å². The molecular formula is C21H44O4S. The summed E-state index contributed by atoms with van der Waals surface area (Å²) in [6.45, 7) is 4.25. The highest BCUT2D eigenvalue weighted by molar-refractivity contribution is 7.86. The first-order valence-corrected chi connectivity index (χ1v) is 12.6. The van der Waals surface area contributed by atoms with Crippen LogP contribution < -0.4 is 0 Å². The lowest BCUT2D eigenvalue weighted by atomic mass is 10.0. The van der Waals surface area contributed by atoms with Crippen LogP contribution in [0.1, 0.15) is 123 Å². The van der Waals surface area contributed by atoms with E-state index >= 15 is 0 Å². The Kier molecular flexibility index (Phi) is 16.9. The van der Waals surface area contributed by atoms with Gasteiger partial charge in [0, 0.05) is 0 Å². The molecule has 0 aliphatic carbocycles. The van der Waals surface area contributed by atoms with Gasteiger partial charge in [-0.3, -0.25) is 4.55 Å². The predicted molar refractivity (Wildman–Crippen MR) is 111 cm³/mol. The normalized spacial score (nSPS) is 14.5. The number of hydrogen-bond donors (Lipinski definition) is 2. The fourth-order valence-corrected chi connectivity index (χ4v) is 4.50. The maximum absolute atomic E-state index is 11.5. The summed E-state index contributed by atoms with van der Waals surface area (Å²) in [5.41, 5.74) is 0. The maximum Gasteiger partial charge on any atom is 0.270 e. The third kappa shape index (κ3) is 15.0. The molecule has 158 valence electrons. The molecule has 2 unspecified atom stereocenters. The van der Waals surface area contributed by atoms with Crippen LogP contribution >= 0.6 is 0 Å². The summed E-state index contributed by atoms with van der Waals surface area (Å²) in [6, 6.07) is 0. The summed E-state index contributed by atoms with van der Waals surface area (Å²) >= 11 is 0. The van der Waals surface area contributed by atoms with Crippen molar-refractivity contribution in [3.8, 4) is 0 Å². The Hall–Kier alpha value is -0.130. The topological polar surface area (TPSA) is 74.6 Å². The van der Waals surface area contributed by atoms with E-state index < -0.39 is 21.5 Å². The molecule has 2 atom stereocenters. The second-order valence-electron chi connectivity index (χ2n) is 7.79. The third-order valence-corrected chi connectivity index (χ3v) is 6.57. The summed E-state index contributed by atoms with van der Waals surface area (Å²) in [4.78, 5) is 0. The molecule has 0 radical (unpaired) electrons. The molecule has 0 heterocycles. The summed E-state index contributed by atoms with van der Waals surface area (Å²) in [5, 5.41) is 9.02. The Balaban J connectivity index is 3.64. The number of unbranched alkanes of at least 4 members (excludes halogenated alkanes) is 13. The van der Waals surface area contributed by atoms with E-state index in [4.69, 9.17) is 0 Å². The van der Waals surface area contributed by atoms with Crippen LogP contribution in [0.4, 0.5) is 0 Å². The van der Waals surface area contributed by atoms with E-state index in [1.165, 1.54) is 64.2 Å². The monoisotopic (exact) mass is 392 g/mol. The van der Waals surface area contributed by atoms with Gasteiger partial charge < -0.3 is 5.11 Å². The van der Waals surface area contributed by atoms with Crippen LogP contribution in [0.2, 0.25) is 0 Å². The van der Waals surface area contributed by atoms with Crippen LogP contribution in [0.5, 0.6) is 0 Å². The molecule has 26 heavy (non-hydrogen) atoms. The van der Waals surface area contributed by atoms with Crippen molar-refractivity contribution in [1.82, 2.24) is 0 Å². The van der Waals surface area contributed by atoms with Gasteiger partial charge in [0.15, 0.2) is 0 Å². The van der Waals surface area contributed by atoms with Gasteiger partial charge in [-0.25, -0.2) is 0 Å². The molecule has 0 saturated carbocycles. The van der Waals surface area contributed by atoms with Crippen molar-refractivity contribution in [2.24, 2.45) is 0 Å². The van der Waals surface area contributed by atoms with Gasteiger partial charge in [-0.05, 0) is 12.8 Å². The summed E-state index contributed by atoms with van der Waals surface area (Å²) < 4.78 is 32.3. The average molecular weight is 393 g/mol. The van der Waals surface area contributed by atoms with Crippen molar-refractivity contribution in [2.45, 2.75) is 134 Å². The predicted octanol–water partition coefficient (Wildman–Crippen LogP) is 6.28. The average Bonchev–Trinajstić information content (AvgIpc) is 2.59. The smallest absolute Gasteiger partial charge is 0.270 e. The maximum atomic E-state index is 11.5. The summed E-state index contributed by atoms with van der Waals surface area (Å²) in [6.07, 6.45) is 17.7. The fraction of sp³-hybridized carbons (Fsp3) is 1.00. The van der Waals surface area contributed by atoms with Gasteiger partial charge in [0.05, 0.1) is 6.10 Å². The minimum atomic E-state index is -4.16. The molecule has 0 spiro atoms. The van der Waals surface area contributed by atoms with Crippen LogP contribution in [0.15, 0.2) is 0 Å². The highest BCUT2D eigenvalue weighted by atomic mass is 32.2. The van der Waals surface area contributed by atoms with E-state index in [1.807, 2.05) is 6.92 Å². The molecule has 0 amide bonds. The number of rotatable bonds is 19. The van der Waals surface area contributed by atoms with Gasteiger partial charge in [0.1, 0.15) is 5.25 Å². The second-order valence-corrected chi connectivity index (χ2v) is 9.43. The lowest BCUT2D eigenvalue weighted by Crippen LogP contribution is -2.33. The zero-order chi connectivity index (χ0) is 19.7. The molecule has 0 aliphatic heterocycles. The Morgan fingerprint density at radius 1 is 0.615 bits per heavy atom. The van der Waals surface area contributed by atoms with E-state index in [-0.39, 0.29) is 0 Å². The van der Waals surface area contributed by atoms with E-state index in [0.29, 0.717) is 12.8 Å². The van der Waals surface area contributed by atoms with Crippen LogP contribution in [-0.4, -0.2) is 29.4 Å². The van der Waals surface area contributed by atoms with Gasteiger partial charge in [-0.15, -0.1) is 0 Å². The van der Waals surface area contributed by atoms with E-state index in [1.54, 1.807) is 0 Å². The third-order valence-electron chi connectivity index (χ3n) is 5.26. The SMILES string of the molecule is CCCCCCCCCCCCCCCC(C(O)CCCC)S(=O)(=O)O. The lowest BCUT2D eigenvalue weighted by Gasteiger charge is -2.20. The van der Waals surface area contributed by atoms with Crippen molar-refractivity contribution < 1.29 is 18.1 Å². The highest BCUT2D eigenvalue weighted by Crippen LogP contribution is 2.19. The van der Waals surface area contributed by atoms with Crippen molar-refractivity contribution in [3.05, 3.63) is 0 Å². The fourth-order valence-electron chi connectivity index (χ4n) is 3.50. The van der Waals surface area contributed by atoms with Crippen molar-refractivity contribution in [3.63, 3.8) is 0 Å². The Bertz CT molecular complexity index is 395. The zero-order valence-electron chi connectivity index (χ0n) is 17.3. The summed E-state index contributed by atoms with van der Waals surface area (Å²) in [5.74, 6) is 0. The van der Waals surface area contributed by atoms with Gasteiger partial charge in [-0.1, -0.05) is 110 Å². The minimum Gasteiger partial charge on any atom is -0.392 e. The van der Waals surface area contributed by atoms with Crippen molar-refractivity contribution in [1.29, 1.82) is 0 Å². The highest BCUT2D eigenvalue weighted by Gasteiger charge is 2.29. The van der Waals surface area contributed by atoms with Crippen molar-refractivity contribution >= 4 is 10.1 Å². The lowest BCUT2D eigenvalue weighted by molar-refractivity contribution is 0.147. The van der Waals surface area contributed by atoms with Gasteiger partial charge >= 0.3 is 0 Å². The standard InChI is InChI=1S/C21H44O4S/c1-3-5-7-8-9-10-11-12-13-14-15-16-17-19-21(26(23,24)25)20(22)18-6-4-2/h20-22H,3-19H2,1-2H3,(H,23,24,25). The molecule has 0 aromatic rings. The molecule has 0 bridgehead atoms. The van der Waals surface area contributed by atoms with Crippen LogP contribution in [-0.2, 0) is 10.1 Å². The Morgan fingerprint density at radius 3 is 1.38 bits per heavy atom. The van der Waals surface area contributed by atoms with Gasteiger partial charge in [0.2, 0.25) is 0 Å². The quantitative estimate of drug-likeness (QED) is 0.200. The zero-order valence-corrected chi connectivity index (χ0v) is 18.1. The number of aliphatic hydroxyl groups excluding tert-OH is 1. The van der Waals surface area contributed by atoms with Crippen molar-refractivity contribution in [2.75, 3.05) is 0 Å². The molecule has 0 rings (SSSR count). The Morgan fingerprint density at radius 2 is 1.00 bits per heavy atom. The molecule has 0 aromatic heterocycles. The largest absolute Gasteiger partial charge is 0.392 e. The first-order chi connectivity index (χ1) is 12.4. The molecular weight excluding hydrogens is 348 g/mol. The first kappa shape index (κ1) is 25.9. The molecule has 2 N–H and O–H groups in total. The molecule has 4 nitrogen and oxygen atoms in total. The molecule has 0 aromatic carbocycles. The van der Waals surface area contributed by atoms with Gasteiger partial charge in [-0.2, -0.15) is 8.42 Å². The molecule has 5 heteroatoms. The Labute approximate surface area is 162 Å². The van der Waals surface area contributed by atoms with E-state index in [0.717, 1.165) is 32.1 Å². The number of aliphatic hydroxyl groups is 1. The second kappa shape index (κ2) is 17.0. The van der Waals surface area contributed by atoms with E-state index in [9.17, 15) is 18.1 Å². The molecule has 0 aliphatic rings. The number of hydrogen-bond acceptors (Lipinski definition) is 3. The molecule has 0 saturated heterocycles. The minimum absolute atomic E-state index is 0.363. The van der Waals surface area contributed by atoms with E-state index in [2.05, 4.69) is 6.92 Å². The van der Waals surface area contributed by atoms with Gasteiger partial charge in [0.25, 0.3) is 10.1 Å².